The van der Waals surface area contributed by atoms with E-state index in [1.807, 2.05) is 0 Å². The summed E-state index contributed by atoms with van der Waals surface area (Å²) in [6, 6.07) is 0.424. The van der Waals surface area contributed by atoms with Gasteiger partial charge >= 0.3 is 0 Å². The van der Waals surface area contributed by atoms with Crippen LogP contribution in [0.4, 0.5) is 4.39 Å². The third-order valence-corrected chi connectivity index (χ3v) is 4.39. The van der Waals surface area contributed by atoms with Gasteiger partial charge in [0.1, 0.15) is 5.67 Å². The van der Waals surface area contributed by atoms with Crippen LogP contribution in [0, 0.1) is 0 Å². The van der Waals surface area contributed by atoms with Crippen LogP contribution in [0.2, 0.25) is 0 Å². The minimum atomic E-state index is -0.960. The molecule has 2 unspecified atom stereocenters. The van der Waals surface area contributed by atoms with Gasteiger partial charge in [0.2, 0.25) is 0 Å². The smallest absolute Gasteiger partial charge is 0.109 e. The number of rotatable bonds is 10. The van der Waals surface area contributed by atoms with Gasteiger partial charge in [0.25, 0.3) is 0 Å². The van der Waals surface area contributed by atoms with Crippen LogP contribution in [0.5, 0.6) is 0 Å². The number of hydrogen-bond donors (Lipinski definition) is 1. The average Bonchev–Trinajstić information content (AvgIpc) is 2.38. The Morgan fingerprint density at radius 1 is 1.05 bits per heavy atom. The second kappa shape index (κ2) is 9.74. The molecule has 1 aliphatic rings. The van der Waals surface area contributed by atoms with Crippen LogP contribution < -0.4 is 5.32 Å². The molecular formula is C17H34FN. The van der Waals surface area contributed by atoms with Crippen molar-refractivity contribution >= 4 is 0 Å². The fraction of sp³-hybridized carbons (Fsp3) is 1.00. The molecular weight excluding hydrogens is 237 g/mol. The Kier molecular flexibility index (Phi) is 8.69. The molecule has 0 saturated carbocycles. The van der Waals surface area contributed by atoms with Crippen molar-refractivity contribution in [3.05, 3.63) is 0 Å². The van der Waals surface area contributed by atoms with Crippen molar-refractivity contribution in [2.24, 2.45) is 0 Å². The number of piperidine rings is 1. The molecule has 1 aliphatic heterocycles. The Labute approximate surface area is 119 Å². The van der Waals surface area contributed by atoms with Crippen LogP contribution >= 0.6 is 0 Å². The lowest BCUT2D eigenvalue weighted by Gasteiger charge is -2.30. The minimum Gasteiger partial charge on any atom is -0.314 e. The van der Waals surface area contributed by atoms with Crippen molar-refractivity contribution < 1.29 is 4.39 Å². The summed E-state index contributed by atoms with van der Waals surface area (Å²) < 4.78 is 14.5. The van der Waals surface area contributed by atoms with Crippen molar-refractivity contribution in [3.63, 3.8) is 0 Å². The number of hydrogen-bond acceptors (Lipinski definition) is 1. The first-order valence-corrected chi connectivity index (χ1v) is 8.56. The highest BCUT2D eigenvalue weighted by Gasteiger charge is 2.27. The predicted octanol–water partition coefficient (Wildman–Crippen LogP) is 5.39. The highest BCUT2D eigenvalue weighted by Crippen LogP contribution is 2.27. The lowest BCUT2D eigenvalue weighted by Crippen LogP contribution is -2.39. The summed E-state index contributed by atoms with van der Waals surface area (Å²) >= 11 is 0. The monoisotopic (exact) mass is 271 g/mol. The summed E-state index contributed by atoms with van der Waals surface area (Å²) in [5.74, 6) is 0. The zero-order valence-corrected chi connectivity index (χ0v) is 13.1. The molecule has 1 saturated heterocycles. The summed E-state index contributed by atoms with van der Waals surface area (Å²) in [6.45, 7) is 5.13. The molecule has 0 spiro atoms. The Morgan fingerprint density at radius 2 is 1.74 bits per heavy atom. The molecule has 0 radical (unpaired) electrons. The standard InChI is InChI=1S/C17H34FN/c1-3-4-5-6-7-8-10-13-17(2,18)15-16-12-9-11-14-19-16/h16,19H,3-15H2,1-2H3. The first-order valence-electron chi connectivity index (χ1n) is 8.56. The molecule has 1 N–H and O–H groups in total. The van der Waals surface area contributed by atoms with Crippen molar-refractivity contribution in [3.8, 4) is 0 Å². The summed E-state index contributed by atoms with van der Waals surface area (Å²) in [5, 5.41) is 3.46. The van der Waals surface area contributed by atoms with E-state index in [-0.39, 0.29) is 0 Å². The van der Waals surface area contributed by atoms with Crippen LogP contribution in [-0.2, 0) is 0 Å². The van der Waals surface area contributed by atoms with E-state index in [2.05, 4.69) is 12.2 Å². The highest BCUT2D eigenvalue weighted by atomic mass is 19.1. The molecule has 114 valence electrons. The van der Waals surface area contributed by atoms with E-state index in [0.717, 1.165) is 25.8 Å². The molecule has 0 bridgehead atoms. The fourth-order valence-corrected chi connectivity index (χ4v) is 3.16. The lowest BCUT2D eigenvalue weighted by molar-refractivity contribution is 0.130. The normalized spacial score (nSPS) is 23.2. The zero-order valence-electron chi connectivity index (χ0n) is 13.1. The molecule has 0 amide bonds. The third-order valence-electron chi connectivity index (χ3n) is 4.39. The van der Waals surface area contributed by atoms with Gasteiger partial charge in [-0.1, -0.05) is 58.3 Å². The summed E-state index contributed by atoms with van der Waals surface area (Å²) in [4.78, 5) is 0. The number of halogens is 1. The third kappa shape index (κ3) is 8.62. The molecule has 1 fully saturated rings. The maximum absolute atomic E-state index is 14.5. The Hall–Kier alpha value is -0.110. The van der Waals surface area contributed by atoms with Gasteiger partial charge in [-0.05, 0) is 39.2 Å². The topological polar surface area (TPSA) is 12.0 Å². The predicted molar refractivity (Wildman–Crippen MR) is 82.4 cm³/mol. The SMILES string of the molecule is CCCCCCCCCC(C)(F)CC1CCCCN1. The fourth-order valence-electron chi connectivity index (χ4n) is 3.16. The first-order chi connectivity index (χ1) is 9.14. The second-order valence-corrected chi connectivity index (χ2v) is 6.64. The molecule has 19 heavy (non-hydrogen) atoms. The molecule has 0 aliphatic carbocycles. The molecule has 0 aromatic carbocycles. The van der Waals surface area contributed by atoms with Gasteiger partial charge in [0.05, 0.1) is 0 Å². The van der Waals surface area contributed by atoms with E-state index >= 15 is 0 Å². The van der Waals surface area contributed by atoms with Crippen molar-refractivity contribution in [2.75, 3.05) is 6.54 Å². The Bertz CT molecular complexity index is 209. The second-order valence-electron chi connectivity index (χ2n) is 6.64. The molecule has 2 atom stereocenters. The molecule has 1 nitrogen and oxygen atoms in total. The minimum absolute atomic E-state index is 0.424. The number of nitrogens with one attached hydrogen (secondary N) is 1. The van der Waals surface area contributed by atoms with Crippen LogP contribution in [0.1, 0.15) is 90.9 Å². The van der Waals surface area contributed by atoms with Crippen molar-refractivity contribution in [1.29, 1.82) is 0 Å². The van der Waals surface area contributed by atoms with Gasteiger partial charge < -0.3 is 5.32 Å². The Balaban J connectivity index is 2.02. The van der Waals surface area contributed by atoms with E-state index in [0.29, 0.717) is 12.5 Å². The largest absolute Gasteiger partial charge is 0.314 e. The van der Waals surface area contributed by atoms with Crippen LogP contribution in [0.15, 0.2) is 0 Å². The lowest BCUT2D eigenvalue weighted by atomic mass is 9.89. The van der Waals surface area contributed by atoms with Crippen molar-refractivity contribution in [2.45, 2.75) is 103 Å². The molecule has 1 heterocycles. The van der Waals surface area contributed by atoms with Gasteiger partial charge in [-0.3, -0.25) is 0 Å². The van der Waals surface area contributed by atoms with Gasteiger partial charge in [0, 0.05) is 6.04 Å². The molecule has 0 aromatic rings. The summed E-state index contributed by atoms with van der Waals surface area (Å²) in [6.07, 6.45) is 14.1. The van der Waals surface area contributed by atoms with Crippen LogP contribution in [0.25, 0.3) is 0 Å². The van der Waals surface area contributed by atoms with E-state index in [1.165, 1.54) is 51.4 Å². The maximum Gasteiger partial charge on any atom is 0.109 e. The molecule has 0 aromatic heterocycles. The highest BCUT2D eigenvalue weighted by molar-refractivity contribution is 4.83. The Morgan fingerprint density at radius 3 is 2.37 bits per heavy atom. The van der Waals surface area contributed by atoms with E-state index in [1.54, 1.807) is 6.92 Å². The number of alkyl halides is 1. The van der Waals surface area contributed by atoms with Gasteiger partial charge in [-0.15, -0.1) is 0 Å². The summed E-state index contributed by atoms with van der Waals surface area (Å²) in [5.41, 5.74) is -0.960. The van der Waals surface area contributed by atoms with Crippen LogP contribution in [0.3, 0.4) is 0 Å². The van der Waals surface area contributed by atoms with Crippen molar-refractivity contribution in [1.82, 2.24) is 5.32 Å². The zero-order chi connectivity index (χ0) is 14.0. The van der Waals surface area contributed by atoms with Gasteiger partial charge in [0.15, 0.2) is 0 Å². The number of unbranched alkanes of at least 4 members (excludes halogenated alkanes) is 6. The van der Waals surface area contributed by atoms with Gasteiger partial charge in [-0.25, -0.2) is 4.39 Å². The quantitative estimate of drug-likeness (QED) is 0.525. The maximum atomic E-state index is 14.5. The van der Waals surface area contributed by atoms with E-state index in [4.69, 9.17) is 0 Å². The first kappa shape index (κ1) is 16.9. The van der Waals surface area contributed by atoms with Crippen LogP contribution in [-0.4, -0.2) is 18.3 Å². The average molecular weight is 271 g/mol. The van der Waals surface area contributed by atoms with E-state index < -0.39 is 5.67 Å². The molecule has 1 rings (SSSR count). The summed E-state index contributed by atoms with van der Waals surface area (Å²) in [7, 11) is 0. The molecule has 2 heteroatoms. The van der Waals surface area contributed by atoms with E-state index in [9.17, 15) is 4.39 Å². The van der Waals surface area contributed by atoms with Gasteiger partial charge in [-0.2, -0.15) is 0 Å².